The van der Waals surface area contributed by atoms with E-state index in [1.54, 1.807) is 19.4 Å². The molecule has 4 aromatic rings. The van der Waals surface area contributed by atoms with Crippen molar-refractivity contribution in [1.82, 2.24) is 15.0 Å². The van der Waals surface area contributed by atoms with Gasteiger partial charge in [0.15, 0.2) is 5.13 Å². The van der Waals surface area contributed by atoms with Gasteiger partial charge in [-0.1, -0.05) is 19.9 Å². The lowest BCUT2D eigenvalue weighted by molar-refractivity contribution is 0.407. The number of nitrogens with one attached hydrogen (secondary N) is 2. The standard InChI is InChI=1S/C24H25FN4OS/c1-13(2)18-10-20(14(3)8-22(18)30-5)28-24-29-21(12-31-24)16-6-7-17(19(25)9-16)23-26-11-15(4)27-23/h6-13H,1-5H3,(H,26,27)(H,28,29). The summed E-state index contributed by atoms with van der Waals surface area (Å²) in [6.07, 6.45) is 1.69. The molecule has 160 valence electrons. The van der Waals surface area contributed by atoms with Crippen molar-refractivity contribution in [2.75, 3.05) is 12.4 Å². The van der Waals surface area contributed by atoms with E-state index in [-0.39, 0.29) is 5.82 Å². The molecule has 2 heterocycles. The summed E-state index contributed by atoms with van der Waals surface area (Å²) in [5.74, 6) is 1.42. The largest absolute Gasteiger partial charge is 0.496 e. The van der Waals surface area contributed by atoms with Crippen molar-refractivity contribution in [2.45, 2.75) is 33.6 Å². The first-order valence-corrected chi connectivity index (χ1v) is 11.0. The fourth-order valence-electron chi connectivity index (χ4n) is 3.46. The molecule has 0 saturated heterocycles. The van der Waals surface area contributed by atoms with E-state index < -0.39 is 0 Å². The highest BCUT2D eigenvalue weighted by molar-refractivity contribution is 7.14. The van der Waals surface area contributed by atoms with Gasteiger partial charge in [0, 0.05) is 28.5 Å². The van der Waals surface area contributed by atoms with Crippen LogP contribution in [-0.4, -0.2) is 22.1 Å². The fraction of sp³-hybridized carbons (Fsp3) is 0.250. The van der Waals surface area contributed by atoms with Gasteiger partial charge in [0.1, 0.15) is 17.4 Å². The Morgan fingerprint density at radius 3 is 2.61 bits per heavy atom. The van der Waals surface area contributed by atoms with Crippen LogP contribution in [0.3, 0.4) is 0 Å². The van der Waals surface area contributed by atoms with Crippen molar-refractivity contribution in [1.29, 1.82) is 0 Å². The van der Waals surface area contributed by atoms with Crippen LogP contribution >= 0.6 is 11.3 Å². The Morgan fingerprint density at radius 2 is 1.97 bits per heavy atom. The number of imidazole rings is 1. The van der Waals surface area contributed by atoms with Gasteiger partial charge in [-0.25, -0.2) is 14.4 Å². The first kappa shape index (κ1) is 21.1. The highest BCUT2D eigenvalue weighted by Gasteiger charge is 2.14. The van der Waals surface area contributed by atoms with Gasteiger partial charge in [-0.2, -0.15) is 0 Å². The van der Waals surface area contributed by atoms with Crippen LogP contribution < -0.4 is 10.1 Å². The van der Waals surface area contributed by atoms with Crippen molar-refractivity contribution in [2.24, 2.45) is 0 Å². The van der Waals surface area contributed by atoms with E-state index in [0.717, 1.165) is 44.6 Å². The highest BCUT2D eigenvalue weighted by atomic mass is 32.1. The maximum atomic E-state index is 14.7. The van der Waals surface area contributed by atoms with Crippen molar-refractivity contribution in [3.8, 4) is 28.4 Å². The van der Waals surface area contributed by atoms with Crippen molar-refractivity contribution >= 4 is 22.2 Å². The zero-order valence-electron chi connectivity index (χ0n) is 18.2. The van der Waals surface area contributed by atoms with Crippen LogP contribution in [0.5, 0.6) is 5.75 Å². The lowest BCUT2D eigenvalue weighted by Crippen LogP contribution is -1.99. The van der Waals surface area contributed by atoms with Gasteiger partial charge in [0.2, 0.25) is 0 Å². The van der Waals surface area contributed by atoms with Crippen LogP contribution in [-0.2, 0) is 0 Å². The Kier molecular flexibility index (Phi) is 5.78. The third-order valence-corrected chi connectivity index (χ3v) is 5.93. The predicted molar refractivity (Wildman–Crippen MR) is 125 cm³/mol. The molecule has 0 aliphatic rings. The lowest BCUT2D eigenvalue weighted by atomic mass is 9.99. The second-order valence-corrected chi connectivity index (χ2v) is 8.69. The van der Waals surface area contributed by atoms with Crippen LogP contribution in [0.2, 0.25) is 0 Å². The highest BCUT2D eigenvalue weighted by Crippen LogP contribution is 2.35. The molecule has 0 aliphatic carbocycles. The van der Waals surface area contributed by atoms with Crippen molar-refractivity contribution in [3.63, 3.8) is 0 Å². The number of methoxy groups -OCH3 is 1. The number of halogens is 1. The van der Waals surface area contributed by atoms with Crippen molar-refractivity contribution in [3.05, 3.63) is 64.5 Å². The lowest BCUT2D eigenvalue weighted by Gasteiger charge is -2.16. The molecule has 0 spiro atoms. The maximum Gasteiger partial charge on any atom is 0.187 e. The molecular weight excluding hydrogens is 411 g/mol. The molecule has 7 heteroatoms. The fourth-order valence-corrected chi connectivity index (χ4v) is 4.19. The molecule has 0 atom stereocenters. The van der Waals surface area contributed by atoms with E-state index in [0.29, 0.717) is 17.3 Å². The summed E-state index contributed by atoms with van der Waals surface area (Å²) in [6.45, 7) is 8.20. The minimum absolute atomic E-state index is 0.332. The number of benzene rings is 2. The summed E-state index contributed by atoms with van der Waals surface area (Å²) in [5, 5.41) is 6.09. The molecule has 2 aromatic heterocycles. The van der Waals surface area contributed by atoms with Gasteiger partial charge < -0.3 is 15.0 Å². The zero-order valence-corrected chi connectivity index (χ0v) is 19.0. The second-order valence-electron chi connectivity index (χ2n) is 7.84. The Balaban J connectivity index is 1.59. The van der Waals surface area contributed by atoms with Gasteiger partial charge in [-0.3, -0.25) is 0 Å². The van der Waals surface area contributed by atoms with Gasteiger partial charge in [-0.05, 0) is 55.2 Å². The average Bonchev–Trinajstić information content (AvgIpc) is 3.38. The SMILES string of the molecule is COc1cc(C)c(Nc2nc(-c3ccc(-c4ncc(C)[nH]4)c(F)c3)cs2)cc1C(C)C. The van der Waals surface area contributed by atoms with E-state index in [2.05, 4.69) is 40.2 Å². The van der Waals surface area contributed by atoms with Crippen LogP contribution in [0, 0.1) is 19.7 Å². The molecule has 4 rings (SSSR count). The predicted octanol–water partition coefficient (Wildman–Crippen LogP) is 6.83. The molecular formula is C24H25FN4OS. The molecule has 0 radical (unpaired) electrons. The molecule has 5 nitrogen and oxygen atoms in total. The van der Waals surface area contributed by atoms with Crippen LogP contribution in [0.15, 0.2) is 41.9 Å². The van der Waals surface area contributed by atoms with E-state index in [1.807, 2.05) is 31.4 Å². The Hall–Kier alpha value is -3.19. The number of aromatic amines is 1. The summed E-state index contributed by atoms with van der Waals surface area (Å²) < 4.78 is 20.2. The number of hydrogen-bond acceptors (Lipinski definition) is 5. The molecule has 0 fully saturated rings. The second kappa shape index (κ2) is 8.51. The Bertz CT molecular complexity index is 1230. The van der Waals surface area contributed by atoms with Crippen LogP contribution in [0.25, 0.3) is 22.6 Å². The minimum atomic E-state index is -0.332. The van der Waals surface area contributed by atoms with Gasteiger partial charge in [-0.15, -0.1) is 11.3 Å². The summed E-state index contributed by atoms with van der Waals surface area (Å²) in [6, 6.07) is 9.25. The number of H-pyrrole nitrogens is 1. The number of thiazole rings is 1. The number of aryl methyl sites for hydroxylation is 2. The number of nitrogens with zero attached hydrogens (tertiary/aromatic N) is 2. The van der Waals surface area contributed by atoms with Gasteiger partial charge in [0.05, 0.1) is 18.4 Å². The molecule has 0 bridgehead atoms. The first-order chi connectivity index (χ1) is 14.9. The summed E-state index contributed by atoms with van der Waals surface area (Å²) in [7, 11) is 1.69. The molecule has 0 unspecified atom stereocenters. The van der Waals surface area contributed by atoms with Gasteiger partial charge in [0.25, 0.3) is 0 Å². The van der Waals surface area contributed by atoms with Crippen molar-refractivity contribution < 1.29 is 9.13 Å². The normalized spacial score (nSPS) is 11.2. The Labute approximate surface area is 185 Å². The summed E-state index contributed by atoms with van der Waals surface area (Å²) >= 11 is 1.49. The number of hydrogen-bond donors (Lipinski definition) is 2. The number of anilines is 2. The van der Waals surface area contributed by atoms with Gasteiger partial charge >= 0.3 is 0 Å². The molecule has 0 saturated carbocycles. The quantitative estimate of drug-likeness (QED) is 0.348. The van der Waals surface area contributed by atoms with Crippen LogP contribution in [0.4, 0.5) is 15.2 Å². The zero-order chi connectivity index (χ0) is 22.1. The number of ether oxygens (including phenoxy) is 1. The summed E-state index contributed by atoms with van der Waals surface area (Å²) in [5.41, 5.74) is 5.98. The molecule has 2 N–H and O–H groups in total. The number of aromatic nitrogens is 3. The number of rotatable bonds is 6. The third kappa shape index (κ3) is 4.32. The smallest absolute Gasteiger partial charge is 0.187 e. The Morgan fingerprint density at radius 1 is 1.16 bits per heavy atom. The monoisotopic (exact) mass is 436 g/mol. The van der Waals surface area contributed by atoms with E-state index in [4.69, 9.17) is 4.74 Å². The summed E-state index contributed by atoms with van der Waals surface area (Å²) in [4.78, 5) is 11.9. The topological polar surface area (TPSA) is 62.8 Å². The maximum absolute atomic E-state index is 14.7. The van der Waals surface area contributed by atoms with E-state index in [1.165, 1.54) is 17.4 Å². The molecule has 0 amide bonds. The molecule has 2 aromatic carbocycles. The minimum Gasteiger partial charge on any atom is -0.496 e. The van der Waals surface area contributed by atoms with Crippen LogP contribution in [0.1, 0.15) is 36.6 Å². The third-order valence-electron chi connectivity index (χ3n) is 5.17. The first-order valence-electron chi connectivity index (χ1n) is 10.1. The van der Waals surface area contributed by atoms with E-state index >= 15 is 0 Å². The molecule has 0 aliphatic heterocycles. The molecule has 31 heavy (non-hydrogen) atoms. The average molecular weight is 437 g/mol. The van der Waals surface area contributed by atoms with E-state index in [9.17, 15) is 4.39 Å².